The summed E-state index contributed by atoms with van der Waals surface area (Å²) in [5.41, 5.74) is 7.06. The number of rotatable bonds is 6. The van der Waals surface area contributed by atoms with Crippen molar-refractivity contribution in [3.8, 4) is 0 Å². The first-order valence-electron chi connectivity index (χ1n) is 6.87. The van der Waals surface area contributed by atoms with Gasteiger partial charge in [0.15, 0.2) is 11.6 Å². The zero-order valence-corrected chi connectivity index (χ0v) is 11.3. The number of benzene rings is 1. The third-order valence-corrected chi connectivity index (χ3v) is 3.62. The molecule has 2 nitrogen and oxygen atoms in total. The van der Waals surface area contributed by atoms with Gasteiger partial charge in [0.05, 0.1) is 0 Å². The number of hydrogen-bond donors (Lipinski definition) is 2. The van der Waals surface area contributed by atoms with E-state index in [-0.39, 0.29) is 12.1 Å². The van der Waals surface area contributed by atoms with Crippen LogP contribution in [0.25, 0.3) is 0 Å². The van der Waals surface area contributed by atoms with Gasteiger partial charge in [0.2, 0.25) is 0 Å². The monoisotopic (exact) mass is 284 g/mol. The first-order valence-corrected chi connectivity index (χ1v) is 6.87. The van der Waals surface area contributed by atoms with E-state index in [0.29, 0.717) is 12.6 Å². The van der Waals surface area contributed by atoms with E-state index in [9.17, 15) is 13.2 Å². The smallest absolute Gasteiger partial charge is 0.161 e. The van der Waals surface area contributed by atoms with Crippen LogP contribution in [0.1, 0.15) is 37.3 Å². The average molecular weight is 284 g/mol. The van der Waals surface area contributed by atoms with Gasteiger partial charge < -0.3 is 11.1 Å². The number of nitrogens with two attached hydrogens (primary N) is 1. The molecule has 2 rings (SSSR count). The van der Waals surface area contributed by atoms with E-state index in [1.165, 1.54) is 12.0 Å². The predicted octanol–water partition coefficient (Wildman–Crippen LogP) is 3.19. The van der Waals surface area contributed by atoms with Gasteiger partial charge in [0.1, 0.15) is 5.82 Å². The molecule has 5 heteroatoms. The lowest BCUT2D eigenvalue weighted by atomic mass is 10.1. The SMILES string of the molecule is NCC(NCCC1=CCCC1)c1cc(F)c(F)cc1F. The number of hydrogen-bond acceptors (Lipinski definition) is 2. The lowest BCUT2D eigenvalue weighted by molar-refractivity contribution is 0.467. The summed E-state index contributed by atoms with van der Waals surface area (Å²) in [4.78, 5) is 0. The second-order valence-electron chi connectivity index (χ2n) is 5.03. The zero-order valence-electron chi connectivity index (χ0n) is 11.3. The topological polar surface area (TPSA) is 38.0 Å². The molecule has 0 bridgehead atoms. The summed E-state index contributed by atoms with van der Waals surface area (Å²) in [5, 5.41) is 3.11. The highest BCUT2D eigenvalue weighted by atomic mass is 19.2. The first-order chi connectivity index (χ1) is 9.61. The van der Waals surface area contributed by atoms with E-state index < -0.39 is 23.5 Å². The van der Waals surface area contributed by atoms with Gasteiger partial charge in [-0.05, 0) is 38.3 Å². The Kier molecular flexibility index (Phi) is 5.20. The molecular weight excluding hydrogens is 265 g/mol. The Hall–Kier alpha value is -1.33. The van der Waals surface area contributed by atoms with Crippen molar-refractivity contribution in [2.75, 3.05) is 13.1 Å². The molecule has 0 saturated carbocycles. The van der Waals surface area contributed by atoms with Gasteiger partial charge in [-0.25, -0.2) is 13.2 Å². The summed E-state index contributed by atoms with van der Waals surface area (Å²) in [5.74, 6) is -3.01. The molecule has 1 aromatic carbocycles. The second-order valence-corrected chi connectivity index (χ2v) is 5.03. The molecule has 0 aliphatic heterocycles. The molecule has 0 spiro atoms. The fraction of sp³-hybridized carbons (Fsp3) is 0.467. The predicted molar refractivity (Wildman–Crippen MR) is 72.7 cm³/mol. The van der Waals surface area contributed by atoms with E-state index in [0.717, 1.165) is 25.3 Å². The van der Waals surface area contributed by atoms with Crippen LogP contribution in [-0.4, -0.2) is 13.1 Å². The lowest BCUT2D eigenvalue weighted by Crippen LogP contribution is -2.30. The maximum atomic E-state index is 13.7. The van der Waals surface area contributed by atoms with Crippen molar-refractivity contribution < 1.29 is 13.2 Å². The van der Waals surface area contributed by atoms with Gasteiger partial charge in [-0.1, -0.05) is 11.6 Å². The van der Waals surface area contributed by atoms with Crippen molar-refractivity contribution in [3.05, 3.63) is 46.8 Å². The van der Waals surface area contributed by atoms with E-state index >= 15 is 0 Å². The summed E-state index contributed by atoms with van der Waals surface area (Å²) >= 11 is 0. The van der Waals surface area contributed by atoms with Crippen molar-refractivity contribution in [1.82, 2.24) is 5.32 Å². The quantitative estimate of drug-likeness (QED) is 0.622. The molecule has 0 amide bonds. The summed E-state index contributed by atoms with van der Waals surface area (Å²) < 4.78 is 39.8. The normalized spacial score (nSPS) is 16.3. The maximum Gasteiger partial charge on any atom is 0.161 e. The number of halogens is 3. The largest absolute Gasteiger partial charge is 0.329 e. The molecule has 0 saturated heterocycles. The molecule has 20 heavy (non-hydrogen) atoms. The highest BCUT2D eigenvalue weighted by molar-refractivity contribution is 5.24. The zero-order chi connectivity index (χ0) is 14.5. The van der Waals surface area contributed by atoms with Crippen molar-refractivity contribution in [2.24, 2.45) is 5.73 Å². The molecule has 1 atom stereocenters. The molecule has 110 valence electrons. The van der Waals surface area contributed by atoms with E-state index in [1.54, 1.807) is 0 Å². The second kappa shape index (κ2) is 6.90. The fourth-order valence-electron chi connectivity index (χ4n) is 2.50. The van der Waals surface area contributed by atoms with E-state index in [1.807, 2.05) is 0 Å². The summed E-state index contributed by atoms with van der Waals surface area (Å²) in [6.07, 6.45) is 6.51. The van der Waals surface area contributed by atoms with Gasteiger partial charge in [-0.15, -0.1) is 0 Å². The average Bonchev–Trinajstić information content (AvgIpc) is 2.93. The maximum absolute atomic E-state index is 13.7. The molecule has 0 radical (unpaired) electrons. The fourth-order valence-corrected chi connectivity index (χ4v) is 2.50. The van der Waals surface area contributed by atoms with Gasteiger partial charge in [-0.3, -0.25) is 0 Å². The van der Waals surface area contributed by atoms with E-state index in [2.05, 4.69) is 11.4 Å². The Morgan fingerprint density at radius 2 is 1.90 bits per heavy atom. The minimum atomic E-state index is -1.18. The Morgan fingerprint density at radius 3 is 2.55 bits per heavy atom. The van der Waals surface area contributed by atoms with Gasteiger partial charge in [0.25, 0.3) is 0 Å². The summed E-state index contributed by atoms with van der Waals surface area (Å²) in [7, 11) is 0. The molecule has 1 unspecified atom stereocenters. The Balaban J connectivity index is 1.98. The minimum absolute atomic E-state index is 0.0757. The van der Waals surface area contributed by atoms with Crippen LogP contribution in [0.2, 0.25) is 0 Å². The third-order valence-electron chi connectivity index (χ3n) is 3.62. The van der Waals surface area contributed by atoms with Crippen LogP contribution in [0.5, 0.6) is 0 Å². The molecular formula is C15H19F3N2. The molecule has 0 fully saturated rings. The Bertz CT molecular complexity index is 500. The van der Waals surface area contributed by atoms with Crippen LogP contribution in [0.15, 0.2) is 23.8 Å². The van der Waals surface area contributed by atoms with Crippen LogP contribution in [-0.2, 0) is 0 Å². The van der Waals surface area contributed by atoms with Crippen LogP contribution in [0.4, 0.5) is 13.2 Å². The van der Waals surface area contributed by atoms with Crippen LogP contribution >= 0.6 is 0 Å². The number of nitrogens with one attached hydrogen (secondary N) is 1. The Labute approximate surface area is 116 Å². The highest BCUT2D eigenvalue weighted by Gasteiger charge is 2.17. The molecule has 1 aliphatic carbocycles. The standard InChI is InChI=1S/C15H19F3N2/c16-12-8-14(18)13(17)7-11(12)15(9-19)20-6-5-10-3-1-2-4-10/h3,7-8,15,20H,1-2,4-6,9,19H2. The third kappa shape index (κ3) is 3.61. The van der Waals surface area contributed by atoms with Crippen LogP contribution in [0, 0.1) is 17.5 Å². The summed E-state index contributed by atoms with van der Waals surface area (Å²) in [6.45, 7) is 0.771. The van der Waals surface area contributed by atoms with Crippen molar-refractivity contribution in [1.29, 1.82) is 0 Å². The van der Waals surface area contributed by atoms with Gasteiger partial charge in [0, 0.05) is 24.2 Å². The van der Waals surface area contributed by atoms with Gasteiger partial charge in [-0.2, -0.15) is 0 Å². The van der Waals surface area contributed by atoms with Crippen molar-refractivity contribution in [3.63, 3.8) is 0 Å². The van der Waals surface area contributed by atoms with Crippen LogP contribution in [0.3, 0.4) is 0 Å². The molecule has 1 aromatic rings. The molecule has 0 heterocycles. The van der Waals surface area contributed by atoms with Crippen molar-refractivity contribution in [2.45, 2.75) is 31.7 Å². The first kappa shape index (κ1) is 15.1. The molecule has 1 aliphatic rings. The van der Waals surface area contributed by atoms with Gasteiger partial charge >= 0.3 is 0 Å². The number of allylic oxidation sites excluding steroid dienone is 1. The Morgan fingerprint density at radius 1 is 1.15 bits per heavy atom. The van der Waals surface area contributed by atoms with Crippen LogP contribution < -0.4 is 11.1 Å². The highest BCUT2D eigenvalue weighted by Crippen LogP contribution is 2.22. The lowest BCUT2D eigenvalue weighted by Gasteiger charge is -2.18. The minimum Gasteiger partial charge on any atom is -0.329 e. The molecule has 3 N–H and O–H groups in total. The van der Waals surface area contributed by atoms with E-state index in [4.69, 9.17) is 5.73 Å². The van der Waals surface area contributed by atoms with Crippen molar-refractivity contribution >= 4 is 0 Å². The summed E-state index contributed by atoms with van der Waals surface area (Å²) in [6, 6.07) is 0.936. The molecule has 0 aromatic heterocycles.